The Morgan fingerprint density at radius 2 is 1.76 bits per heavy atom. The molecule has 1 atom stereocenters. The van der Waals surface area contributed by atoms with Gasteiger partial charge in [-0.15, -0.1) is 0 Å². The molecule has 1 fully saturated rings. The maximum Gasteiger partial charge on any atom is 0.335 e. The maximum absolute atomic E-state index is 13.4. The molecular weight excluding hydrogens is 426 g/mol. The van der Waals surface area contributed by atoms with Crippen molar-refractivity contribution in [2.45, 2.75) is 66.3 Å². The highest BCUT2D eigenvalue weighted by atomic mass is 16.2. The second-order valence-corrected chi connectivity index (χ2v) is 10.1. The largest absolute Gasteiger partial charge is 0.366 e. The SMILES string of the molecule is CCN1c2cc(C)c(/C=C3\C(=O)NC(=O)N(c4cccc(C)c4C)C3=O)cc2[C@H](C)CC1(C)C. The van der Waals surface area contributed by atoms with E-state index in [-0.39, 0.29) is 11.1 Å². The third-order valence-electron chi connectivity index (χ3n) is 7.31. The first kappa shape index (κ1) is 23.7. The molecule has 2 heterocycles. The van der Waals surface area contributed by atoms with Gasteiger partial charge in [0.05, 0.1) is 5.69 Å². The van der Waals surface area contributed by atoms with Crippen LogP contribution in [0.15, 0.2) is 35.9 Å². The van der Waals surface area contributed by atoms with Crippen LogP contribution in [0.2, 0.25) is 0 Å². The lowest BCUT2D eigenvalue weighted by Crippen LogP contribution is -2.54. The molecule has 6 nitrogen and oxygen atoms in total. The van der Waals surface area contributed by atoms with Crippen molar-refractivity contribution in [1.82, 2.24) is 5.32 Å². The molecule has 0 spiro atoms. The summed E-state index contributed by atoms with van der Waals surface area (Å²) in [5, 5.41) is 2.34. The molecule has 0 unspecified atom stereocenters. The van der Waals surface area contributed by atoms with E-state index in [0.29, 0.717) is 11.6 Å². The maximum atomic E-state index is 13.4. The van der Waals surface area contributed by atoms with E-state index in [2.05, 4.69) is 50.0 Å². The fourth-order valence-electron chi connectivity index (χ4n) is 5.41. The van der Waals surface area contributed by atoms with Gasteiger partial charge >= 0.3 is 6.03 Å². The molecule has 0 radical (unpaired) electrons. The highest BCUT2D eigenvalue weighted by Gasteiger charge is 2.39. The van der Waals surface area contributed by atoms with Gasteiger partial charge in [-0.1, -0.05) is 19.1 Å². The molecule has 2 aliphatic rings. The van der Waals surface area contributed by atoms with Crippen LogP contribution in [-0.2, 0) is 9.59 Å². The van der Waals surface area contributed by atoms with Crippen LogP contribution in [0.25, 0.3) is 6.08 Å². The van der Waals surface area contributed by atoms with Crippen LogP contribution in [0, 0.1) is 20.8 Å². The molecule has 34 heavy (non-hydrogen) atoms. The summed E-state index contributed by atoms with van der Waals surface area (Å²) in [5.41, 5.74) is 6.49. The van der Waals surface area contributed by atoms with Crippen LogP contribution in [0.3, 0.4) is 0 Å². The lowest BCUT2D eigenvalue weighted by atomic mass is 9.79. The Bertz CT molecular complexity index is 1240. The van der Waals surface area contributed by atoms with Crippen LogP contribution < -0.4 is 15.1 Å². The number of amides is 4. The molecule has 4 rings (SSSR count). The fourth-order valence-corrected chi connectivity index (χ4v) is 5.41. The lowest BCUT2D eigenvalue weighted by molar-refractivity contribution is -0.122. The monoisotopic (exact) mass is 459 g/mol. The number of imide groups is 2. The first-order valence-corrected chi connectivity index (χ1v) is 11.9. The number of urea groups is 1. The first-order chi connectivity index (χ1) is 16.0. The van der Waals surface area contributed by atoms with E-state index in [1.54, 1.807) is 18.2 Å². The highest BCUT2D eigenvalue weighted by molar-refractivity contribution is 6.39. The summed E-state index contributed by atoms with van der Waals surface area (Å²) in [6.07, 6.45) is 2.64. The number of barbiturate groups is 1. The van der Waals surface area contributed by atoms with E-state index in [1.807, 2.05) is 26.8 Å². The van der Waals surface area contributed by atoms with Crippen molar-refractivity contribution in [3.05, 3.63) is 63.7 Å². The van der Waals surface area contributed by atoms with Gasteiger partial charge in [0, 0.05) is 17.8 Å². The number of fused-ring (bicyclic) bond motifs is 1. The number of hydrogen-bond donors (Lipinski definition) is 1. The van der Waals surface area contributed by atoms with Crippen molar-refractivity contribution in [2.75, 3.05) is 16.3 Å². The number of rotatable bonds is 3. The van der Waals surface area contributed by atoms with E-state index < -0.39 is 17.8 Å². The van der Waals surface area contributed by atoms with Crippen molar-refractivity contribution in [3.8, 4) is 0 Å². The number of hydrogen-bond acceptors (Lipinski definition) is 4. The Labute approximate surface area is 201 Å². The normalized spacial score (nSPS) is 21.1. The Balaban J connectivity index is 1.80. The summed E-state index contributed by atoms with van der Waals surface area (Å²) < 4.78 is 0. The Hall–Kier alpha value is -3.41. The molecule has 0 aliphatic carbocycles. The van der Waals surface area contributed by atoms with Crippen molar-refractivity contribution in [1.29, 1.82) is 0 Å². The molecule has 2 aliphatic heterocycles. The average molecular weight is 460 g/mol. The predicted octanol–water partition coefficient (Wildman–Crippen LogP) is 5.39. The number of anilines is 2. The average Bonchev–Trinajstić information content (AvgIpc) is 2.74. The Morgan fingerprint density at radius 3 is 2.44 bits per heavy atom. The number of nitrogens with zero attached hydrogens (tertiary/aromatic N) is 2. The fraction of sp³-hybridized carbons (Fsp3) is 0.393. The van der Waals surface area contributed by atoms with Crippen LogP contribution in [0.1, 0.15) is 67.9 Å². The smallest absolute Gasteiger partial charge is 0.335 e. The molecule has 6 heteroatoms. The topological polar surface area (TPSA) is 69.7 Å². The van der Waals surface area contributed by atoms with Crippen LogP contribution >= 0.6 is 0 Å². The first-order valence-electron chi connectivity index (χ1n) is 11.9. The Morgan fingerprint density at radius 1 is 1.06 bits per heavy atom. The van der Waals surface area contributed by atoms with Gasteiger partial charge in [0.15, 0.2) is 0 Å². The van der Waals surface area contributed by atoms with E-state index >= 15 is 0 Å². The zero-order valence-corrected chi connectivity index (χ0v) is 21.1. The van der Waals surface area contributed by atoms with Gasteiger partial charge in [-0.3, -0.25) is 14.9 Å². The molecule has 1 saturated heterocycles. The van der Waals surface area contributed by atoms with Gasteiger partial charge in [0.1, 0.15) is 5.57 Å². The molecule has 0 bridgehead atoms. The summed E-state index contributed by atoms with van der Waals surface area (Å²) >= 11 is 0. The minimum Gasteiger partial charge on any atom is -0.366 e. The quantitative estimate of drug-likeness (QED) is 0.494. The summed E-state index contributed by atoms with van der Waals surface area (Å²) in [7, 11) is 0. The molecule has 0 saturated carbocycles. The summed E-state index contributed by atoms with van der Waals surface area (Å²) in [6.45, 7) is 15.6. The van der Waals surface area contributed by atoms with Gasteiger partial charge in [0.2, 0.25) is 0 Å². The van der Waals surface area contributed by atoms with Gasteiger partial charge in [-0.25, -0.2) is 9.69 Å². The standard InChI is InChI=1S/C28H33N3O3/c1-8-30-24-12-17(3)20(13-21(24)18(4)15-28(30,6)7)14-22-25(32)29-27(34)31(26(22)33)23-11-9-10-16(2)19(23)5/h9-14,18H,8,15H2,1-7H3,(H,29,32,34)/b22-14+/t18-/m1/s1. The minimum atomic E-state index is -0.725. The summed E-state index contributed by atoms with van der Waals surface area (Å²) in [5.74, 6) is -0.934. The number of benzene rings is 2. The van der Waals surface area contributed by atoms with Gasteiger partial charge in [0.25, 0.3) is 11.8 Å². The number of nitrogens with one attached hydrogen (secondary N) is 1. The van der Waals surface area contributed by atoms with E-state index in [4.69, 9.17) is 0 Å². The Kier molecular flexibility index (Phi) is 5.88. The highest BCUT2D eigenvalue weighted by Crippen LogP contribution is 2.44. The zero-order chi connectivity index (χ0) is 24.9. The van der Waals surface area contributed by atoms with Crippen molar-refractivity contribution in [3.63, 3.8) is 0 Å². The van der Waals surface area contributed by atoms with Crippen molar-refractivity contribution in [2.24, 2.45) is 0 Å². The predicted molar refractivity (Wildman–Crippen MR) is 136 cm³/mol. The van der Waals surface area contributed by atoms with E-state index in [0.717, 1.165) is 40.1 Å². The molecule has 1 N–H and O–H groups in total. The molecule has 178 valence electrons. The van der Waals surface area contributed by atoms with Crippen LogP contribution in [0.5, 0.6) is 0 Å². The van der Waals surface area contributed by atoms with Crippen LogP contribution in [0.4, 0.5) is 16.2 Å². The lowest BCUT2D eigenvalue weighted by Gasteiger charge is -2.47. The molecular formula is C28H33N3O3. The second-order valence-electron chi connectivity index (χ2n) is 10.1. The molecule has 2 aromatic carbocycles. The number of aryl methyl sites for hydroxylation is 2. The molecule has 2 aromatic rings. The summed E-state index contributed by atoms with van der Waals surface area (Å²) in [4.78, 5) is 42.3. The van der Waals surface area contributed by atoms with Crippen LogP contribution in [-0.4, -0.2) is 29.9 Å². The van der Waals surface area contributed by atoms with E-state index in [9.17, 15) is 14.4 Å². The van der Waals surface area contributed by atoms with Gasteiger partial charge < -0.3 is 4.90 Å². The minimum absolute atomic E-state index is 0.0419. The van der Waals surface area contributed by atoms with E-state index in [1.165, 1.54) is 11.3 Å². The third kappa shape index (κ3) is 3.81. The number of carbonyl (C=O) groups excluding carboxylic acids is 3. The summed E-state index contributed by atoms with van der Waals surface area (Å²) in [6, 6.07) is 8.97. The van der Waals surface area contributed by atoms with Crippen molar-refractivity contribution >= 4 is 35.3 Å². The van der Waals surface area contributed by atoms with Crippen molar-refractivity contribution < 1.29 is 14.4 Å². The van der Waals surface area contributed by atoms with Gasteiger partial charge in [-0.05, 0) is 106 Å². The third-order valence-corrected chi connectivity index (χ3v) is 7.31. The molecule has 4 amide bonds. The van der Waals surface area contributed by atoms with Gasteiger partial charge in [-0.2, -0.15) is 0 Å². The number of carbonyl (C=O) groups is 3. The molecule has 0 aromatic heterocycles. The zero-order valence-electron chi connectivity index (χ0n) is 21.1. The second kappa shape index (κ2) is 8.42.